The number of imide groups is 1. The van der Waals surface area contributed by atoms with E-state index in [9.17, 15) is 14.4 Å². The lowest BCUT2D eigenvalue weighted by Crippen LogP contribution is -2.54. The predicted octanol–water partition coefficient (Wildman–Crippen LogP) is 4.05. The molecule has 0 unspecified atom stereocenters. The maximum absolute atomic E-state index is 13.9. The molecule has 4 heteroatoms. The second-order valence-corrected chi connectivity index (χ2v) is 8.92. The monoisotopic (exact) mass is 407 g/mol. The molecule has 0 radical (unpaired) electrons. The molecule has 0 aromatic heterocycles. The summed E-state index contributed by atoms with van der Waals surface area (Å²) in [5.41, 5.74) is 5.25. The lowest BCUT2D eigenvalue weighted by atomic mass is 9.48. The van der Waals surface area contributed by atoms with Gasteiger partial charge in [0.05, 0.1) is 22.9 Å². The van der Waals surface area contributed by atoms with E-state index in [1.807, 2.05) is 80.6 Å². The van der Waals surface area contributed by atoms with E-state index in [0.717, 1.165) is 39.7 Å². The van der Waals surface area contributed by atoms with E-state index in [0.29, 0.717) is 5.69 Å². The Morgan fingerprint density at radius 2 is 1.42 bits per heavy atom. The van der Waals surface area contributed by atoms with Gasteiger partial charge < -0.3 is 4.79 Å². The molecule has 4 aliphatic rings. The van der Waals surface area contributed by atoms with Gasteiger partial charge in [-0.3, -0.25) is 9.59 Å². The van der Waals surface area contributed by atoms with Crippen LogP contribution in [-0.4, -0.2) is 18.1 Å². The van der Waals surface area contributed by atoms with Crippen molar-refractivity contribution in [3.8, 4) is 0 Å². The number of carbonyl (C=O) groups is 3. The third-order valence-electron chi connectivity index (χ3n) is 7.62. The fourth-order valence-corrected chi connectivity index (χ4v) is 6.15. The van der Waals surface area contributed by atoms with E-state index in [-0.39, 0.29) is 17.7 Å². The highest BCUT2D eigenvalue weighted by Gasteiger charge is 2.68. The van der Waals surface area contributed by atoms with Crippen LogP contribution in [0.3, 0.4) is 0 Å². The molecule has 2 amide bonds. The number of hydrogen-bond donors (Lipinski definition) is 0. The summed E-state index contributed by atoms with van der Waals surface area (Å²) in [4.78, 5) is 41.9. The summed E-state index contributed by atoms with van der Waals surface area (Å²) >= 11 is 0. The average Bonchev–Trinajstić information content (AvgIpc) is 3.07. The van der Waals surface area contributed by atoms with Crippen molar-refractivity contribution in [3.63, 3.8) is 0 Å². The van der Waals surface area contributed by atoms with Crippen molar-refractivity contribution in [2.24, 2.45) is 11.8 Å². The molecule has 0 spiro atoms. The number of nitrogens with zero attached hydrogens (tertiary/aromatic N) is 1. The molecule has 7 rings (SSSR count). The Labute approximate surface area is 180 Å². The Kier molecular flexibility index (Phi) is 3.54. The number of carbonyl (C=O) groups excluding carboxylic acids is 3. The fourth-order valence-electron chi connectivity index (χ4n) is 6.15. The van der Waals surface area contributed by atoms with Gasteiger partial charge in [-0.1, -0.05) is 54.6 Å². The summed E-state index contributed by atoms with van der Waals surface area (Å²) in [6.07, 6.45) is 0.910. The van der Waals surface area contributed by atoms with Gasteiger partial charge >= 0.3 is 0 Å². The first-order chi connectivity index (χ1) is 15.0. The third kappa shape index (κ3) is 2.03. The van der Waals surface area contributed by atoms with Gasteiger partial charge in [0, 0.05) is 5.92 Å². The standard InChI is InChI=1S/C27H21NO3/c1-15-11-12-17(13-16(15)2)28-25(30)23-22-18-7-3-5-9-20(18)27(14-29,24(23)26(28)31)21-10-6-4-8-19(21)22/h3-14,22-24H,1-2H3/t22?,23-,24+,27?/m1/s1. The molecule has 152 valence electrons. The summed E-state index contributed by atoms with van der Waals surface area (Å²) in [7, 11) is 0. The largest absolute Gasteiger partial charge is 0.302 e. The van der Waals surface area contributed by atoms with E-state index in [2.05, 4.69) is 0 Å². The molecule has 0 saturated carbocycles. The maximum Gasteiger partial charge on any atom is 0.239 e. The molecule has 1 saturated heterocycles. The van der Waals surface area contributed by atoms with Crippen molar-refractivity contribution >= 4 is 23.8 Å². The van der Waals surface area contributed by atoms with Gasteiger partial charge in [-0.2, -0.15) is 0 Å². The Morgan fingerprint density at radius 3 is 2.00 bits per heavy atom. The minimum absolute atomic E-state index is 0.210. The number of aryl methyl sites for hydroxylation is 2. The minimum Gasteiger partial charge on any atom is -0.302 e. The lowest BCUT2D eigenvalue weighted by molar-refractivity contribution is -0.128. The Bertz CT molecular complexity index is 1260. The second-order valence-electron chi connectivity index (χ2n) is 8.92. The van der Waals surface area contributed by atoms with Crippen molar-refractivity contribution in [1.82, 2.24) is 0 Å². The highest BCUT2D eigenvalue weighted by atomic mass is 16.2. The van der Waals surface area contributed by atoms with Gasteiger partial charge in [-0.05, 0) is 59.4 Å². The first-order valence-corrected chi connectivity index (χ1v) is 10.6. The summed E-state index contributed by atoms with van der Waals surface area (Å²) in [5.74, 6) is -2.02. The SMILES string of the molecule is Cc1ccc(N2C(=O)[C@@H]3C4c5ccccc5C(C=O)(c5ccccc54)[C@@H]3C2=O)cc1C. The van der Waals surface area contributed by atoms with E-state index >= 15 is 0 Å². The molecule has 31 heavy (non-hydrogen) atoms. The molecular formula is C27H21NO3. The minimum atomic E-state index is -1.15. The van der Waals surface area contributed by atoms with Crippen LogP contribution in [0.2, 0.25) is 0 Å². The van der Waals surface area contributed by atoms with Crippen LogP contribution in [0.5, 0.6) is 0 Å². The summed E-state index contributed by atoms with van der Waals surface area (Å²) in [6.45, 7) is 3.97. The van der Waals surface area contributed by atoms with Gasteiger partial charge in [0.15, 0.2) is 0 Å². The number of rotatable bonds is 2. The van der Waals surface area contributed by atoms with Crippen molar-refractivity contribution in [3.05, 3.63) is 100 Å². The quantitative estimate of drug-likeness (QED) is 0.476. The van der Waals surface area contributed by atoms with Crippen molar-refractivity contribution in [2.75, 3.05) is 4.90 Å². The van der Waals surface area contributed by atoms with E-state index in [4.69, 9.17) is 0 Å². The van der Waals surface area contributed by atoms with Crippen LogP contribution in [0.25, 0.3) is 0 Å². The zero-order valence-corrected chi connectivity index (χ0v) is 17.3. The Balaban J connectivity index is 1.63. The molecule has 1 fully saturated rings. The summed E-state index contributed by atoms with van der Waals surface area (Å²) in [6, 6.07) is 21.2. The number of amides is 2. The van der Waals surface area contributed by atoms with Crippen LogP contribution in [0.15, 0.2) is 66.7 Å². The highest BCUT2D eigenvalue weighted by molar-refractivity contribution is 6.24. The Morgan fingerprint density at radius 1 is 0.806 bits per heavy atom. The molecule has 1 heterocycles. The smallest absolute Gasteiger partial charge is 0.239 e. The highest BCUT2D eigenvalue weighted by Crippen LogP contribution is 2.63. The molecule has 2 atom stereocenters. The van der Waals surface area contributed by atoms with E-state index in [1.54, 1.807) is 0 Å². The second kappa shape index (κ2) is 6.01. The fraction of sp³-hybridized carbons (Fsp3) is 0.222. The van der Waals surface area contributed by atoms with Gasteiger partial charge in [-0.15, -0.1) is 0 Å². The summed E-state index contributed by atoms with van der Waals surface area (Å²) < 4.78 is 0. The van der Waals surface area contributed by atoms with Crippen molar-refractivity contribution in [2.45, 2.75) is 25.2 Å². The van der Waals surface area contributed by atoms with Crippen LogP contribution < -0.4 is 4.90 Å². The predicted molar refractivity (Wildman–Crippen MR) is 117 cm³/mol. The first-order valence-electron chi connectivity index (χ1n) is 10.6. The Hall–Kier alpha value is -3.53. The van der Waals surface area contributed by atoms with Gasteiger partial charge in [0.1, 0.15) is 6.29 Å². The van der Waals surface area contributed by atoms with Crippen LogP contribution in [-0.2, 0) is 19.8 Å². The number of anilines is 1. The van der Waals surface area contributed by atoms with Gasteiger partial charge in [0.25, 0.3) is 0 Å². The van der Waals surface area contributed by atoms with E-state index in [1.165, 1.54) is 4.90 Å². The number of hydrogen-bond acceptors (Lipinski definition) is 3. The number of aldehydes is 1. The zero-order valence-electron chi connectivity index (χ0n) is 17.3. The van der Waals surface area contributed by atoms with Crippen molar-refractivity contribution < 1.29 is 14.4 Å². The first kappa shape index (κ1) is 18.3. The molecular weight excluding hydrogens is 386 g/mol. The topological polar surface area (TPSA) is 54.5 Å². The van der Waals surface area contributed by atoms with Crippen molar-refractivity contribution in [1.29, 1.82) is 0 Å². The van der Waals surface area contributed by atoms with Gasteiger partial charge in [0.2, 0.25) is 11.8 Å². The molecule has 1 aliphatic heterocycles. The van der Waals surface area contributed by atoms with Crippen LogP contribution in [0.1, 0.15) is 39.3 Å². The van der Waals surface area contributed by atoms with Crippen LogP contribution in [0, 0.1) is 25.7 Å². The molecule has 3 aromatic rings. The molecule has 4 nitrogen and oxygen atoms in total. The van der Waals surface area contributed by atoms with Crippen LogP contribution in [0.4, 0.5) is 5.69 Å². The van der Waals surface area contributed by atoms with Crippen LogP contribution >= 0.6 is 0 Å². The van der Waals surface area contributed by atoms with E-state index < -0.39 is 17.3 Å². The van der Waals surface area contributed by atoms with Gasteiger partial charge in [-0.25, -0.2) is 4.90 Å². The number of benzene rings is 3. The zero-order chi connectivity index (χ0) is 21.5. The molecule has 3 aliphatic carbocycles. The maximum atomic E-state index is 13.9. The summed E-state index contributed by atoms with van der Waals surface area (Å²) in [5, 5.41) is 0. The lowest BCUT2D eigenvalue weighted by Gasteiger charge is -2.51. The average molecular weight is 407 g/mol. The molecule has 2 bridgehead atoms. The molecule has 3 aromatic carbocycles. The molecule has 0 N–H and O–H groups in total. The normalized spacial score (nSPS) is 27.7. The third-order valence-corrected chi connectivity index (χ3v) is 7.62.